The van der Waals surface area contributed by atoms with E-state index >= 15 is 0 Å². The topological polar surface area (TPSA) is 60.9 Å². The Morgan fingerprint density at radius 3 is 2.38 bits per heavy atom. The fraction of sp³-hybridized carbons (Fsp3) is 0.333. The monoisotopic (exact) mass is 179 g/mol. The summed E-state index contributed by atoms with van der Waals surface area (Å²) in [5.74, 6) is -0.501. The fourth-order valence-corrected chi connectivity index (χ4v) is 1.33. The molecule has 0 fully saturated rings. The van der Waals surface area contributed by atoms with Gasteiger partial charge >= 0.3 is 0 Å². The van der Waals surface area contributed by atoms with Crippen molar-refractivity contribution in [2.45, 2.75) is 13.8 Å². The van der Waals surface area contributed by atoms with E-state index in [4.69, 9.17) is 5.73 Å². The molecule has 0 atom stereocenters. The summed E-state index contributed by atoms with van der Waals surface area (Å²) in [7, 11) is 1.82. The van der Waals surface area contributed by atoms with Gasteiger partial charge in [0.15, 0.2) is 0 Å². The Morgan fingerprint density at radius 2 is 2.08 bits per heavy atom. The van der Waals surface area contributed by atoms with Crippen molar-refractivity contribution >= 4 is 11.5 Å². The summed E-state index contributed by atoms with van der Waals surface area (Å²) in [6, 6.07) is 0. The predicted octanol–water partition coefficient (Wildman–Crippen LogP) is 0.535. The van der Waals surface area contributed by atoms with E-state index in [0.29, 0.717) is 5.57 Å². The average molecular weight is 179 g/mol. The smallest absolute Gasteiger partial charge is 0.248 e. The maximum absolute atomic E-state index is 10.9. The Morgan fingerprint density at radius 1 is 1.54 bits per heavy atom. The molecule has 0 aliphatic carbocycles. The van der Waals surface area contributed by atoms with Crippen LogP contribution in [0, 0.1) is 13.8 Å². The molecule has 13 heavy (non-hydrogen) atoms. The number of amides is 1. The summed E-state index contributed by atoms with van der Waals surface area (Å²) in [5.41, 5.74) is 7.91. The second-order valence-electron chi connectivity index (χ2n) is 3.01. The molecule has 4 heteroatoms. The standard InChI is InChI=1S/C9H13N3O/c1-5(9(10)13)8-6(2)11-12(4)7(8)3/h1H2,2-4H3,(H2,10,13). The van der Waals surface area contributed by atoms with Crippen LogP contribution in [0.2, 0.25) is 0 Å². The third-order valence-corrected chi connectivity index (χ3v) is 2.11. The van der Waals surface area contributed by atoms with Gasteiger partial charge < -0.3 is 5.73 Å². The van der Waals surface area contributed by atoms with Crippen LogP contribution in [0.4, 0.5) is 0 Å². The van der Waals surface area contributed by atoms with E-state index in [1.807, 2.05) is 20.9 Å². The van der Waals surface area contributed by atoms with Crippen LogP contribution >= 0.6 is 0 Å². The number of nitrogens with zero attached hydrogens (tertiary/aromatic N) is 2. The lowest BCUT2D eigenvalue weighted by atomic mass is 10.1. The first-order chi connectivity index (χ1) is 5.95. The number of rotatable bonds is 2. The van der Waals surface area contributed by atoms with Crippen LogP contribution < -0.4 is 5.73 Å². The molecule has 0 aromatic carbocycles. The third-order valence-electron chi connectivity index (χ3n) is 2.11. The number of carbonyl (C=O) groups excluding carboxylic acids is 1. The summed E-state index contributed by atoms with van der Waals surface area (Å²) in [4.78, 5) is 10.9. The molecule has 0 unspecified atom stereocenters. The van der Waals surface area contributed by atoms with E-state index in [1.54, 1.807) is 4.68 Å². The van der Waals surface area contributed by atoms with Gasteiger partial charge in [0.05, 0.1) is 5.69 Å². The number of primary amides is 1. The van der Waals surface area contributed by atoms with Gasteiger partial charge in [-0.15, -0.1) is 0 Å². The Bertz CT molecular complexity index is 376. The maximum Gasteiger partial charge on any atom is 0.248 e. The Kier molecular flexibility index (Phi) is 2.23. The second kappa shape index (κ2) is 3.05. The van der Waals surface area contributed by atoms with E-state index in [1.165, 1.54) is 0 Å². The van der Waals surface area contributed by atoms with Crippen molar-refractivity contribution in [2.75, 3.05) is 0 Å². The van der Waals surface area contributed by atoms with Gasteiger partial charge in [0.2, 0.25) is 5.91 Å². The van der Waals surface area contributed by atoms with Crippen molar-refractivity contribution in [1.29, 1.82) is 0 Å². The highest BCUT2D eigenvalue weighted by Gasteiger charge is 2.15. The second-order valence-corrected chi connectivity index (χ2v) is 3.01. The van der Waals surface area contributed by atoms with Crippen molar-refractivity contribution in [2.24, 2.45) is 12.8 Å². The number of carbonyl (C=O) groups is 1. The minimum absolute atomic E-state index is 0.322. The zero-order chi connectivity index (χ0) is 10.2. The van der Waals surface area contributed by atoms with E-state index in [9.17, 15) is 4.79 Å². The molecule has 0 saturated carbocycles. The summed E-state index contributed by atoms with van der Waals surface area (Å²) in [6.07, 6.45) is 0. The Labute approximate surface area is 77.0 Å². The van der Waals surface area contributed by atoms with E-state index in [0.717, 1.165) is 17.0 Å². The molecule has 0 spiro atoms. The largest absolute Gasteiger partial charge is 0.366 e. The highest BCUT2D eigenvalue weighted by molar-refractivity contribution is 6.18. The summed E-state index contributed by atoms with van der Waals surface area (Å²) in [5, 5.41) is 4.16. The molecule has 1 aromatic heterocycles. The van der Waals surface area contributed by atoms with Gasteiger partial charge in [-0.2, -0.15) is 5.10 Å². The van der Waals surface area contributed by atoms with Gasteiger partial charge in [0, 0.05) is 23.9 Å². The molecule has 2 N–H and O–H groups in total. The normalized spacial score (nSPS) is 10.1. The predicted molar refractivity (Wildman–Crippen MR) is 50.9 cm³/mol. The number of aryl methyl sites for hydroxylation is 2. The Balaban J connectivity index is 3.29. The molecule has 4 nitrogen and oxygen atoms in total. The summed E-state index contributed by atoms with van der Waals surface area (Å²) in [6.45, 7) is 7.34. The zero-order valence-corrected chi connectivity index (χ0v) is 8.09. The van der Waals surface area contributed by atoms with Gasteiger partial charge in [-0.3, -0.25) is 9.48 Å². The first-order valence-electron chi connectivity index (χ1n) is 3.94. The van der Waals surface area contributed by atoms with Gasteiger partial charge in [0.25, 0.3) is 0 Å². The quantitative estimate of drug-likeness (QED) is 0.673. The van der Waals surface area contributed by atoms with Crippen LogP contribution in [-0.2, 0) is 11.8 Å². The SMILES string of the molecule is C=C(C(N)=O)c1c(C)nn(C)c1C. The van der Waals surface area contributed by atoms with E-state index < -0.39 is 5.91 Å². The summed E-state index contributed by atoms with van der Waals surface area (Å²) >= 11 is 0. The molecule has 1 rings (SSSR count). The number of aromatic nitrogens is 2. The van der Waals surface area contributed by atoms with Gasteiger partial charge in [0.1, 0.15) is 0 Å². The van der Waals surface area contributed by atoms with Crippen LogP contribution in [-0.4, -0.2) is 15.7 Å². The van der Waals surface area contributed by atoms with Crippen LogP contribution in [0.25, 0.3) is 5.57 Å². The highest BCUT2D eigenvalue weighted by Crippen LogP contribution is 2.19. The van der Waals surface area contributed by atoms with Gasteiger partial charge in [-0.1, -0.05) is 6.58 Å². The van der Waals surface area contributed by atoms with Gasteiger partial charge in [-0.25, -0.2) is 0 Å². The molecule has 1 amide bonds. The lowest BCUT2D eigenvalue weighted by molar-refractivity contribution is -0.112. The van der Waals surface area contributed by atoms with Crippen molar-refractivity contribution in [1.82, 2.24) is 9.78 Å². The fourth-order valence-electron chi connectivity index (χ4n) is 1.33. The molecular formula is C9H13N3O. The first kappa shape index (κ1) is 9.51. The first-order valence-corrected chi connectivity index (χ1v) is 3.94. The molecule has 70 valence electrons. The van der Waals surface area contributed by atoms with Crippen LogP contribution in [0.15, 0.2) is 6.58 Å². The molecule has 0 radical (unpaired) electrons. The molecule has 0 aliphatic heterocycles. The Hall–Kier alpha value is -1.58. The summed E-state index contributed by atoms with van der Waals surface area (Å²) < 4.78 is 1.71. The van der Waals surface area contributed by atoms with Crippen molar-refractivity contribution in [3.63, 3.8) is 0 Å². The zero-order valence-electron chi connectivity index (χ0n) is 8.09. The number of hydrogen-bond donors (Lipinski definition) is 1. The molecule has 0 bridgehead atoms. The lowest BCUT2D eigenvalue weighted by Gasteiger charge is -2.00. The minimum Gasteiger partial charge on any atom is -0.366 e. The van der Waals surface area contributed by atoms with Crippen LogP contribution in [0.3, 0.4) is 0 Å². The maximum atomic E-state index is 10.9. The number of nitrogens with two attached hydrogens (primary N) is 1. The average Bonchev–Trinajstić information content (AvgIpc) is 2.26. The molecule has 1 heterocycles. The highest BCUT2D eigenvalue weighted by atomic mass is 16.1. The van der Waals surface area contributed by atoms with Crippen LogP contribution in [0.5, 0.6) is 0 Å². The van der Waals surface area contributed by atoms with Gasteiger partial charge in [-0.05, 0) is 13.8 Å². The molecular weight excluding hydrogens is 166 g/mol. The molecule has 0 saturated heterocycles. The molecule has 1 aromatic rings. The third kappa shape index (κ3) is 1.47. The van der Waals surface area contributed by atoms with Crippen molar-refractivity contribution in [3.8, 4) is 0 Å². The van der Waals surface area contributed by atoms with E-state index in [2.05, 4.69) is 11.7 Å². The minimum atomic E-state index is -0.501. The van der Waals surface area contributed by atoms with E-state index in [-0.39, 0.29) is 0 Å². The number of hydrogen-bond acceptors (Lipinski definition) is 2. The van der Waals surface area contributed by atoms with Crippen molar-refractivity contribution < 1.29 is 4.79 Å². The van der Waals surface area contributed by atoms with Crippen LogP contribution in [0.1, 0.15) is 17.0 Å². The lowest BCUT2D eigenvalue weighted by Crippen LogP contribution is -2.13. The van der Waals surface area contributed by atoms with Crippen molar-refractivity contribution in [3.05, 3.63) is 23.5 Å². The molecule has 0 aliphatic rings.